The zero-order valence-electron chi connectivity index (χ0n) is 11.4. The molecular weight excluding hydrogens is 308 g/mol. The van der Waals surface area contributed by atoms with E-state index >= 15 is 0 Å². The molecule has 106 valence electrons. The molecule has 0 amide bonds. The number of phenols is 1. The van der Waals surface area contributed by atoms with Crippen LogP contribution < -0.4 is 0 Å². The van der Waals surface area contributed by atoms with E-state index in [1.165, 1.54) is 0 Å². The van der Waals surface area contributed by atoms with E-state index in [0.29, 0.717) is 10.5 Å². The second-order valence-electron chi connectivity index (χ2n) is 5.26. The number of phenolic OH excluding ortho intramolecular Hbond substituents is 1. The summed E-state index contributed by atoms with van der Waals surface area (Å²) < 4.78 is 0.672. The quantitative estimate of drug-likeness (QED) is 0.888. The number of piperazine rings is 1. The Kier molecular flexibility index (Phi) is 4.84. The maximum Gasteiger partial charge on any atom is 0.129 e. The van der Waals surface area contributed by atoms with Gasteiger partial charge in [0.2, 0.25) is 0 Å². The molecule has 1 aliphatic heterocycles. The van der Waals surface area contributed by atoms with Crippen molar-refractivity contribution in [3.05, 3.63) is 28.2 Å². The minimum atomic E-state index is -0.0133. The summed E-state index contributed by atoms with van der Waals surface area (Å²) >= 11 is 3.33. The molecule has 0 aromatic heterocycles. The molecule has 2 atom stereocenters. The Morgan fingerprint density at radius 3 is 2.74 bits per heavy atom. The highest BCUT2D eigenvalue weighted by molar-refractivity contribution is 9.10. The summed E-state index contributed by atoms with van der Waals surface area (Å²) in [6, 6.07) is 5.83. The fourth-order valence-electron chi connectivity index (χ4n) is 2.75. The number of aliphatic hydroxyl groups is 1. The molecular formula is C14H21BrN2O2. The lowest BCUT2D eigenvalue weighted by Gasteiger charge is -2.42. The van der Waals surface area contributed by atoms with Crippen LogP contribution in [0.2, 0.25) is 0 Å². The van der Waals surface area contributed by atoms with Gasteiger partial charge in [0.25, 0.3) is 0 Å². The van der Waals surface area contributed by atoms with Gasteiger partial charge in [-0.3, -0.25) is 4.90 Å². The number of likely N-dealkylation sites (N-methyl/N-ethyl adjacent to an activating group) is 1. The van der Waals surface area contributed by atoms with Crippen molar-refractivity contribution < 1.29 is 10.2 Å². The van der Waals surface area contributed by atoms with Crippen LogP contribution in [-0.2, 0) is 0 Å². The first kappa shape index (κ1) is 14.8. The van der Waals surface area contributed by atoms with Crippen molar-refractivity contribution in [2.45, 2.75) is 19.0 Å². The van der Waals surface area contributed by atoms with Crippen LogP contribution in [-0.4, -0.2) is 59.3 Å². The first-order chi connectivity index (χ1) is 9.02. The molecule has 1 aliphatic rings. The standard InChI is InChI=1S/C14H21BrN2O2/c1-10-8-16(2)5-6-17(10)13(9-18)11-3-4-14(19)12(15)7-11/h3-4,7,10,13,18-19H,5-6,8-9H2,1-2H3. The average Bonchev–Trinajstić information content (AvgIpc) is 2.37. The summed E-state index contributed by atoms with van der Waals surface area (Å²) in [5.41, 5.74) is 1.03. The smallest absolute Gasteiger partial charge is 0.129 e. The highest BCUT2D eigenvalue weighted by atomic mass is 79.9. The van der Waals surface area contributed by atoms with E-state index < -0.39 is 0 Å². The van der Waals surface area contributed by atoms with Crippen LogP contribution in [0.4, 0.5) is 0 Å². The van der Waals surface area contributed by atoms with Crippen molar-refractivity contribution in [3.8, 4) is 5.75 Å². The van der Waals surface area contributed by atoms with Crippen LogP contribution >= 0.6 is 15.9 Å². The van der Waals surface area contributed by atoms with Gasteiger partial charge in [0.15, 0.2) is 0 Å². The normalized spacial score (nSPS) is 23.5. The summed E-state index contributed by atoms with van der Waals surface area (Å²) in [4.78, 5) is 4.64. The molecule has 5 heteroatoms. The molecule has 2 N–H and O–H groups in total. The second kappa shape index (κ2) is 6.22. The molecule has 4 nitrogen and oxygen atoms in total. The third-order valence-corrected chi connectivity index (χ3v) is 4.45. The largest absolute Gasteiger partial charge is 0.507 e. The van der Waals surface area contributed by atoms with E-state index in [0.717, 1.165) is 25.2 Å². The summed E-state index contributed by atoms with van der Waals surface area (Å²) in [5.74, 6) is 0.229. The SMILES string of the molecule is CC1CN(C)CCN1C(CO)c1ccc(O)c(Br)c1. The molecule has 1 heterocycles. The Morgan fingerprint density at radius 2 is 2.16 bits per heavy atom. The Hall–Kier alpha value is -0.620. The predicted molar refractivity (Wildman–Crippen MR) is 79.3 cm³/mol. The molecule has 1 aromatic carbocycles. The minimum Gasteiger partial charge on any atom is -0.507 e. The molecule has 0 radical (unpaired) electrons. The van der Waals surface area contributed by atoms with E-state index in [4.69, 9.17) is 0 Å². The molecule has 1 aromatic rings. The van der Waals surface area contributed by atoms with E-state index in [-0.39, 0.29) is 18.4 Å². The molecule has 1 fully saturated rings. The van der Waals surface area contributed by atoms with Gasteiger partial charge in [-0.05, 0) is 47.6 Å². The number of aliphatic hydroxyl groups excluding tert-OH is 1. The third kappa shape index (κ3) is 3.28. The van der Waals surface area contributed by atoms with E-state index in [2.05, 4.69) is 39.7 Å². The summed E-state index contributed by atoms with van der Waals surface area (Å²) in [6.07, 6.45) is 0. The zero-order valence-corrected chi connectivity index (χ0v) is 13.0. The molecule has 0 saturated carbocycles. The second-order valence-corrected chi connectivity index (χ2v) is 6.11. The van der Waals surface area contributed by atoms with Gasteiger partial charge in [0.1, 0.15) is 5.75 Å². The van der Waals surface area contributed by atoms with Gasteiger partial charge < -0.3 is 15.1 Å². The van der Waals surface area contributed by atoms with Crippen LogP contribution in [0.15, 0.2) is 22.7 Å². The third-order valence-electron chi connectivity index (χ3n) is 3.81. The van der Waals surface area contributed by atoms with Gasteiger partial charge in [-0.2, -0.15) is 0 Å². The van der Waals surface area contributed by atoms with E-state index in [1.54, 1.807) is 6.07 Å². The topological polar surface area (TPSA) is 46.9 Å². The van der Waals surface area contributed by atoms with E-state index in [1.807, 2.05) is 12.1 Å². The molecule has 19 heavy (non-hydrogen) atoms. The number of halogens is 1. The minimum absolute atomic E-state index is 0.0133. The average molecular weight is 329 g/mol. The van der Waals surface area contributed by atoms with Crippen molar-refractivity contribution in [2.75, 3.05) is 33.3 Å². The van der Waals surface area contributed by atoms with Crippen LogP contribution in [0.5, 0.6) is 5.75 Å². The first-order valence-electron chi connectivity index (χ1n) is 6.56. The predicted octanol–water partition coefficient (Wildman–Crippen LogP) is 1.82. The molecule has 0 aliphatic carbocycles. The first-order valence-corrected chi connectivity index (χ1v) is 7.35. The van der Waals surface area contributed by atoms with Crippen LogP contribution in [0.25, 0.3) is 0 Å². The molecule has 2 unspecified atom stereocenters. The Morgan fingerprint density at radius 1 is 1.42 bits per heavy atom. The lowest BCUT2D eigenvalue weighted by atomic mass is 10.0. The van der Waals surface area contributed by atoms with Crippen LogP contribution in [0, 0.1) is 0 Å². The Labute approximate surface area is 122 Å². The number of rotatable bonds is 3. The van der Waals surface area contributed by atoms with Crippen molar-refractivity contribution in [3.63, 3.8) is 0 Å². The molecule has 0 spiro atoms. The van der Waals surface area contributed by atoms with Crippen LogP contribution in [0.3, 0.4) is 0 Å². The number of hydrogen-bond acceptors (Lipinski definition) is 4. The highest BCUT2D eigenvalue weighted by Crippen LogP contribution is 2.31. The number of nitrogens with zero attached hydrogens (tertiary/aromatic N) is 2. The zero-order chi connectivity index (χ0) is 14.0. The molecule has 2 rings (SSSR count). The maximum absolute atomic E-state index is 9.74. The van der Waals surface area contributed by atoms with Crippen molar-refractivity contribution in [1.82, 2.24) is 9.80 Å². The summed E-state index contributed by atoms with van der Waals surface area (Å²) in [6.45, 7) is 5.25. The van der Waals surface area contributed by atoms with Gasteiger partial charge in [-0.15, -0.1) is 0 Å². The van der Waals surface area contributed by atoms with Gasteiger partial charge in [-0.1, -0.05) is 6.07 Å². The number of aromatic hydroxyl groups is 1. The Balaban J connectivity index is 2.21. The van der Waals surface area contributed by atoms with Crippen LogP contribution in [0.1, 0.15) is 18.5 Å². The molecule has 0 bridgehead atoms. The van der Waals surface area contributed by atoms with Gasteiger partial charge in [0.05, 0.1) is 17.1 Å². The van der Waals surface area contributed by atoms with Crippen molar-refractivity contribution in [2.24, 2.45) is 0 Å². The monoisotopic (exact) mass is 328 g/mol. The Bertz CT molecular complexity index is 441. The highest BCUT2D eigenvalue weighted by Gasteiger charge is 2.28. The molecule has 1 saturated heterocycles. The summed E-state index contributed by atoms with van der Waals surface area (Å²) in [7, 11) is 2.12. The maximum atomic E-state index is 9.74. The van der Waals surface area contributed by atoms with Gasteiger partial charge in [0, 0.05) is 25.7 Å². The van der Waals surface area contributed by atoms with Gasteiger partial charge in [-0.25, -0.2) is 0 Å². The van der Waals surface area contributed by atoms with E-state index in [9.17, 15) is 10.2 Å². The summed E-state index contributed by atoms with van der Waals surface area (Å²) in [5, 5.41) is 19.3. The lowest BCUT2D eigenvalue weighted by molar-refractivity contribution is 0.0341. The fourth-order valence-corrected chi connectivity index (χ4v) is 3.15. The van der Waals surface area contributed by atoms with Gasteiger partial charge >= 0.3 is 0 Å². The fraction of sp³-hybridized carbons (Fsp3) is 0.571. The van der Waals surface area contributed by atoms with Crippen molar-refractivity contribution >= 4 is 15.9 Å². The van der Waals surface area contributed by atoms with Crippen molar-refractivity contribution in [1.29, 1.82) is 0 Å². The number of hydrogen-bond donors (Lipinski definition) is 2. The lowest BCUT2D eigenvalue weighted by Crippen LogP contribution is -2.52. The number of benzene rings is 1.